The van der Waals surface area contributed by atoms with Gasteiger partial charge in [0.1, 0.15) is 0 Å². The molecule has 1 aromatic heterocycles. The average Bonchev–Trinajstić information content (AvgIpc) is 2.81. The highest BCUT2D eigenvalue weighted by Gasteiger charge is 2.24. The number of carbonyl (C=O) groups excluding carboxylic acids is 1. The molecule has 1 aromatic carbocycles. The van der Waals surface area contributed by atoms with Crippen molar-refractivity contribution in [3.8, 4) is 11.6 Å². The molecule has 0 atom stereocenters. The monoisotopic (exact) mass is 328 g/mol. The van der Waals surface area contributed by atoms with Crippen molar-refractivity contribution in [1.29, 1.82) is 0 Å². The van der Waals surface area contributed by atoms with E-state index in [0.29, 0.717) is 12.3 Å². The summed E-state index contributed by atoms with van der Waals surface area (Å²) >= 11 is 0. The first-order valence-corrected chi connectivity index (χ1v) is 8.34. The maximum Gasteiger partial charge on any atom is 0.313 e. The Balaban J connectivity index is 2.39. The highest BCUT2D eigenvalue weighted by molar-refractivity contribution is 5.72. The molecule has 2 rings (SSSR count). The molecule has 0 N–H and O–H groups in total. The van der Waals surface area contributed by atoms with Gasteiger partial charge in [0.15, 0.2) is 0 Å². The van der Waals surface area contributed by atoms with E-state index in [1.807, 2.05) is 58.0 Å². The summed E-state index contributed by atoms with van der Waals surface area (Å²) in [6, 6.07) is 9.87. The Kier molecular flexibility index (Phi) is 4.88. The summed E-state index contributed by atoms with van der Waals surface area (Å²) in [6.45, 7) is 14.4. The van der Waals surface area contributed by atoms with Crippen LogP contribution in [0.15, 0.2) is 30.3 Å². The molecule has 4 nitrogen and oxygen atoms in total. The number of ether oxygens (including phenoxy) is 1. The summed E-state index contributed by atoms with van der Waals surface area (Å²) in [7, 11) is 0. The second-order valence-electron chi connectivity index (χ2n) is 8.58. The summed E-state index contributed by atoms with van der Waals surface area (Å²) in [5.41, 5.74) is 2.71. The number of nitrogens with zero attached hydrogens (tertiary/aromatic N) is 2. The fourth-order valence-corrected chi connectivity index (χ4v) is 2.26. The Morgan fingerprint density at radius 3 is 2.17 bits per heavy atom. The summed E-state index contributed by atoms with van der Waals surface area (Å²) < 4.78 is 7.35. The second-order valence-corrected chi connectivity index (χ2v) is 8.58. The number of aryl methyl sites for hydroxylation is 1. The van der Waals surface area contributed by atoms with E-state index < -0.39 is 0 Å². The summed E-state index contributed by atoms with van der Waals surface area (Å²) in [5, 5.41) is 4.67. The van der Waals surface area contributed by atoms with E-state index >= 15 is 0 Å². The maximum atomic E-state index is 12.3. The fraction of sp³-hybridized carbons (Fsp3) is 0.500. The normalized spacial score (nSPS) is 12.3. The predicted molar refractivity (Wildman–Crippen MR) is 96.7 cm³/mol. The molecule has 2 aromatic rings. The molecule has 0 aliphatic heterocycles. The van der Waals surface area contributed by atoms with Gasteiger partial charge >= 0.3 is 5.97 Å². The molecule has 0 spiro atoms. The molecule has 0 bridgehead atoms. The lowest BCUT2D eigenvalue weighted by atomic mass is 9.92. The quantitative estimate of drug-likeness (QED) is 0.759. The van der Waals surface area contributed by atoms with Crippen molar-refractivity contribution < 1.29 is 9.53 Å². The minimum Gasteiger partial charge on any atom is -0.407 e. The minimum atomic E-state index is -0.240. The van der Waals surface area contributed by atoms with Crippen LogP contribution in [0.3, 0.4) is 0 Å². The topological polar surface area (TPSA) is 44.1 Å². The van der Waals surface area contributed by atoms with Crippen molar-refractivity contribution in [3.63, 3.8) is 0 Å². The van der Waals surface area contributed by atoms with Gasteiger partial charge in [-0.1, -0.05) is 59.2 Å². The number of hydrogen-bond acceptors (Lipinski definition) is 3. The van der Waals surface area contributed by atoms with Crippen LogP contribution in [-0.4, -0.2) is 15.7 Å². The van der Waals surface area contributed by atoms with Crippen molar-refractivity contribution >= 4 is 5.97 Å². The van der Waals surface area contributed by atoms with Crippen LogP contribution in [0.2, 0.25) is 0 Å². The van der Waals surface area contributed by atoms with E-state index in [0.717, 1.165) is 11.4 Å². The lowest BCUT2D eigenvalue weighted by Gasteiger charge is -2.16. The molecule has 4 heteroatoms. The maximum absolute atomic E-state index is 12.3. The van der Waals surface area contributed by atoms with Crippen LogP contribution in [0.5, 0.6) is 5.88 Å². The van der Waals surface area contributed by atoms with Crippen molar-refractivity contribution in [2.75, 3.05) is 0 Å². The number of esters is 1. The number of rotatable bonds is 3. The van der Waals surface area contributed by atoms with Gasteiger partial charge in [0.25, 0.3) is 0 Å². The molecule has 0 unspecified atom stereocenters. The molecule has 0 amide bonds. The van der Waals surface area contributed by atoms with Crippen LogP contribution >= 0.6 is 0 Å². The molecule has 1 heterocycles. The van der Waals surface area contributed by atoms with Gasteiger partial charge in [-0.05, 0) is 24.5 Å². The first-order chi connectivity index (χ1) is 11.0. The van der Waals surface area contributed by atoms with E-state index in [4.69, 9.17) is 4.74 Å². The van der Waals surface area contributed by atoms with Crippen molar-refractivity contribution in [2.24, 2.45) is 5.41 Å². The highest BCUT2D eigenvalue weighted by atomic mass is 16.5. The second kappa shape index (κ2) is 6.42. The van der Waals surface area contributed by atoms with Crippen LogP contribution in [0.25, 0.3) is 5.69 Å². The van der Waals surface area contributed by atoms with Crippen molar-refractivity contribution in [1.82, 2.24) is 9.78 Å². The Labute approximate surface area is 144 Å². The molecule has 0 radical (unpaired) electrons. The molecular weight excluding hydrogens is 300 g/mol. The van der Waals surface area contributed by atoms with Gasteiger partial charge in [0.05, 0.1) is 17.8 Å². The third kappa shape index (κ3) is 4.70. The SMILES string of the molecule is Cc1ccc(-n2nc(C(C)(C)C)cc2OC(=O)CC(C)(C)C)cc1. The van der Waals surface area contributed by atoms with E-state index in [1.54, 1.807) is 4.68 Å². The first kappa shape index (κ1) is 18.2. The van der Waals surface area contributed by atoms with Gasteiger partial charge < -0.3 is 4.74 Å². The van der Waals surface area contributed by atoms with Gasteiger partial charge in [-0.2, -0.15) is 5.10 Å². The van der Waals surface area contributed by atoms with Crippen LogP contribution in [0.4, 0.5) is 0 Å². The number of carbonyl (C=O) groups is 1. The standard InChI is InChI=1S/C20H28N2O2/c1-14-8-10-15(11-9-14)22-17(12-16(21-22)20(5,6)7)24-18(23)13-19(2,3)4/h8-12H,13H2,1-7H3. The zero-order chi connectivity index (χ0) is 18.1. The van der Waals surface area contributed by atoms with Crippen LogP contribution in [-0.2, 0) is 10.2 Å². The Bertz CT molecular complexity index is 714. The lowest BCUT2D eigenvalue weighted by Crippen LogP contribution is -2.18. The Hall–Kier alpha value is -2.10. The van der Waals surface area contributed by atoms with Crippen molar-refractivity contribution in [3.05, 3.63) is 41.6 Å². The van der Waals surface area contributed by atoms with Crippen LogP contribution in [0.1, 0.15) is 59.2 Å². The van der Waals surface area contributed by atoms with Crippen LogP contribution < -0.4 is 4.74 Å². The number of hydrogen-bond donors (Lipinski definition) is 0. The minimum absolute atomic E-state index is 0.112. The average molecular weight is 328 g/mol. The number of benzene rings is 1. The first-order valence-electron chi connectivity index (χ1n) is 8.34. The molecule has 0 fully saturated rings. The van der Waals surface area contributed by atoms with E-state index in [-0.39, 0.29) is 16.8 Å². The number of aromatic nitrogens is 2. The Morgan fingerprint density at radius 1 is 1.08 bits per heavy atom. The van der Waals surface area contributed by atoms with E-state index in [9.17, 15) is 4.79 Å². The lowest BCUT2D eigenvalue weighted by molar-refractivity contribution is -0.136. The summed E-state index contributed by atoms with van der Waals surface area (Å²) in [4.78, 5) is 12.3. The molecular formula is C20H28N2O2. The molecule has 24 heavy (non-hydrogen) atoms. The third-order valence-corrected chi connectivity index (χ3v) is 3.62. The zero-order valence-electron chi connectivity index (χ0n) is 15.8. The Morgan fingerprint density at radius 2 is 1.67 bits per heavy atom. The van der Waals surface area contributed by atoms with Gasteiger partial charge in [-0.3, -0.25) is 4.79 Å². The summed E-state index contributed by atoms with van der Waals surface area (Å²) in [6.07, 6.45) is 0.358. The van der Waals surface area contributed by atoms with Gasteiger partial charge in [0, 0.05) is 11.5 Å². The fourth-order valence-electron chi connectivity index (χ4n) is 2.26. The van der Waals surface area contributed by atoms with Crippen LogP contribution in [0, 0.1) is 12.3 Å². The predicted octanol–water partition coefficient (Wildman–Crippen LogP) is 4.82. The van der Waals surface area contributed by atoms with Gasteiger partial charge in [-0.25, -0.2) is 4.68 Å². The van der Waals surface area contributed by atoms with E-state index in [2.05, 4.69) is 25.9 Å². The zero-order valence-corrected chi connectivity index (χ0v) is 15.8. The summed E-state index contributed by atoms with van der Waals surface area (Å²) in [5.74, 6) is 0.231. The molecule has 0 saturated carbocycles. The molecule has 0 aliphatic carbocycles. The molecule has 0 aliphatic rings. The largest absolute Gasteiger partial charge is 0.407 e. The van der Waals surface area contributed by atoms with E-state index in [1.165, 1.54) is 5.56 Å². The highest BCUT2D eigenvalue weighted by Crippen LogP contribution is 2.29. The third-order valence-electron chi connectivity index (χ3n) is 3.62. The van der Waals surface area contributed by atoms with Crippen molar-refractivity contribution in [2.45, 2.75) is 60.3 Å². The molecule has 130 valence electrons. The van der Waals surface area contributed by atoms with Gasteiger partial charge in [-0.15, -0.1) is 0 Å². The molecule has 0 saturated heterocycles. The smallest absolute Gasteiger partial charge is 0.313 e. The van der Waals surface area contributed by atoms with Gasteiger partial charge in [0.2, 0.25) is 5.88 Å².